The van der Waals surface area contributed by atoms with E-state index in [1.54, 1.807) is 12.1 Å². The minimum Gasteiger partial charge on any atom is -0.460 e. The first-order valence-corrected chi connectivity index (χ1v) is 14.8. The lowest BCUT2D eigenvalue weighted by Crippen LogP contribution is -2.53. The third-order valence-electron chi connectivity index (χ3n) is 9.22. The molecule has 0 amide bonds. The standard InChI is InChI=1S/C37H37N3O4/c1-25-13-11-14-26(2)32(25)23-43-34(41)36(35(42)44-24-33-27(3)15-12-16-28(33)4)21-30(29-17-7-5-8-18-29)22-37(36,39-40-38)31-19-9-6-10-20-31/h5-20,30H,21-24H2,1-4H3/t30-,37+/m1/s1. The molecule has 1 aliphatic carbocycles. The molecule has 1 saturated carbocycles. The van der Waals surface area contributed by atoms with Crippen LogP contribution in [0.4, 0.5) is 0 Å². The van der Waals surface area contributed by atoms with Crippen molar-refractivity contribution in [3.05, 3.63) is 152 Å². The van der Waals surface area contributed by atoms with Crippen molar-refractivity contribution >= 4 is 11.9 Å². The molecule has 0 N–H and O–H groups in total. The molecule has 5 rings (SSSR count). The van der Waals surface area contributed by atoms with Gasteiger partial charge in [-0.2, -0.15) is 0 Å². The Balaban J connectivity index is 1.66. The van der Waals surface area contributed by atoms with Gasteiger partial charge in [0.25, 0.3) is 0 Å². The van der Waals surface area contributed by atoms with Gasteiger partial charge in [0.2, 0.25) is 0 Å². The maximum atomic E-state index is 14.7. The minimum atomic E-state index is -1.95. The van der Waals surface area contributed by atoms with E-state index < -0.39 is 22.9 Å². The van der Waals surface area contributed by atoms with Crippen LogP contribution in [-0.4, -0.2) is 11.9 Å². The molecule has 0 radical (unpaired) electrons. The van der Waals surface area contributed by atoms with E-state index in [1.165, 1.54) is 0 Å². The van der Waals surface area contributed by atoms with Gasteiger partial charge in [-0.3, -0.25) is 9.59 Å². The van der Waals surface area contributed by atoms with Gasteiger partial charge in [-0.15, -0.1) is 0 Å². The van der Waals surface area contributed by atoms with Crippen LogP contribution >= 0.6 is 0 Å². The molecule has 7 heteroatoms. The van der Waals surface area contributed by atoms with Gasteiger partial charge in [0.05, 0.1) is 0 Å². The number of hydrogen-bond donors (Lipinski definition) is 0. The second-order valence-corrected chi connectivity index (χ2v) is 11.7. The maximum absolute atomic E-state index is 14.7. The van der Waals surface area contributed by atoms with Crippen molar-refractivity contribution < 1.29 is 19.1 Å². The summed E-state index contributed by atoms with van der Waals surface area (Å²) in [4.78, 5) is 32.6. The normalized spacial score (nSPS) is 18.7. The van der Waals surface area contributed by atoms with E-state index in [4.69, 9.17) is 9.47 Å². The zero-order valence-electron chi connectivity index (χ0n) is 25.6. The van der Waals surface area contributed by atoms with E-state index in [9.17, 15) is 15.1 Å². The summed E-state index contributed by atoms with van der Waals surface area (Å²) in [5.41, 5.74) is 13.6. The van der Waals surface area contributed by atoms with Gasteiger partial charge in [-0.25, -0.2) is 0 Å². The Morgan fingerprint density at radius 1 is 0.705 bits per heavy atom. The van der Waals surface area contributed by atoms with Crippen molar-refractivity contribution in [3.63, 3.8) is 0 Å². The summed E-state index contributed by atoms with van der Waals surface area (Å²) in [6.45, 7) is 7.78. The van der Waals surface area contributed by atoms with Crippen LogP contribution in [0.5, 0.6) is 0 Å². The summed E-state index contributed by atoms with van der Waals surface area (Å²) >= 11 is 0. The zero-order valence-corrected chi connectivity index (χ0v) is 25.6. The Hall–Kier alpha value is -4.87. The van der Waals surface area contributed by atoms with E-state index in [2.05, 4.69) is 10.0 Å². The third kappa shape index (κ3) is 5.47. The summed E-state index contributed by atoms with van der Waals surface area (Å²) in [6.07, 6.45) is 0.282. The first kappa shape index (κ1) is 30.6. The smallest absolute Gasteiger partial charge is 0.324 e. The summed E-state index contributed by atoms with van der Waals surface area (Å²) in [5, 5.41) is 4.36. The molecule has 0 unspecified atom stereocenters. The highest BCUT2D eigenvalue weighted by atomic mass is 16.6. The molecule has 1 fully saturated rings. The molecule has 0 saturated heterocycles. The van der Waals surface area contributed by atoms with Crippen molar-refractivity contribution in [2.24, 2.45) is 10.5 Å². The number of rotatable bonds is 9. The molecule has 4 aromatic carbocycles. The van der Waals surface area contributed by atoms with Crippen LogP contribution < -0.4 is 0 Å². The Morgan fingerprint density at radius 3 is 1.61 bits per heavy atom. The fraction of sp³-hybridized carbons (Fsp3) is 0.297. The Kier molecular flexibility index (Phi) is 8.88. The van der Waals surface area contributed by atoms with Gasteiger partial charge < -0.3 is 9.47 Å². The quantitative estimate of drug-likeness (QED) is 0.0644. The second kappa shape index (κ2) is 12.8. The van der Waals surface area contributed by atoms with Crippen LogP contribution in [-0.2, 0) is 37.8 Å². The number of aryl methyl sites for hydroxylation is 4. The van der Waals surface area contributed by atoms with E-state index in [1.807, 2.05) is 113 Å². The van der Waals surface area contributed by atoms with Crippen molar-refractivity contribution in [3.8, 4) is 0 Å². The van der Waals surface area contributed by atoms with Gasteiger partial charge in [0.1, 0.15) is 18.8 Å². The Morgan fingerprint density at radius 2 is 1.16 bits per heavy atom. The molecule has 0 bridgehead atoms. The molecule has 1 aliphatic rings. The van der Waals surface area contributed by atoms with Crippen LogP contribution in [0.3, 0.4) is 0 Å². The highest BCUT2D eigenvalue weighted by Crippen LogP contribution is 2.62. The molecule has 4 aromatic rings. The average molecular weight is 588 g/mol. The first-order chi connectivity index (χ1) is 21.2. The number of azide groups is 1. The fourth-order valence-electron chi connectivity index (χ4n) is 6.70. The summed E-state index contributed by atoms with van der Waals surface area (Å²) in [7, 11) is 0. The molecule has 44 heavy (non-hydrogen) atoms. The van der Waals surface area contributed by atoms with E-state index in [0.717, 1.165) is 38.9 Å². The average Bonchev–Trinajstić information content (AvgIpc) is 3.38. The van der Waals surface area contributed by atoms with Crippen molar-refractivity contribution in [2.45, 2.75) is 65.2 Å². The van der Waals surface area contributed by atoms with Gasteiger partial charge in [-0.1, -0.05) is 102 Å². The SMILES string of the molecule is Cc1cccc(C)c1COC(=O)C1(C(=O)OCc2c(C)cccc2C)C[C@@H](c2ccccc2)C[C@]1(N=[N+]=[N-])c1ccccc1. The predicted octanol–water partition coefficient (Wildman–Crippen LogP) is 8.48. The molecule has 0 heterocycles. The second-order valence-electron chi connectivity index (χ2n) is 11.7. The van der Waals surface area contributed by atoms with E-state index >= 15 is 0 Å². The number of ether oxygens (including phenoxy) is 2. The molecule has 7 nitrogen and oxygen atoms in total. The van der Waals surface area contributed by atoms with Gasteiger partial charge in [-0.05, 0) is 96.5 Å². The lowest BCUT2D eigenvalue weighted by Gasteiger charge is -2.39. The third-order valence-corrected chi connectivity index (χ3v) is 9.22. The predicted molar refractivity (Wildman–Crippen MR) is 170 cm³/mol. The molecule has 2 atom stereocenters. The summed E-state index contributed by atoms with van der Waals surface area (Å²) in [5.74, 6) is -1.81. The Labute approximate surface area is 258 Å². The number of carbonyl (C=O) groups is 2. The van der Waals surface area contributed by atoms with E-state index in [0.29, 0.717) is 5.56 Å². The molecule has 0 aliphatic heterocycles. The fourth-order valence-corrected chi connectivity index (χ4v) is 6.70. The number of hydrogen-bond acceptors (Lipinski definition) is 5. The van der Waals surface area contributed by atoms with Crippen LogP contribution in [0.1, 0.15) is 63.3 Å². The van der Waals surface area contributed by atoms with Gasteiger partial charge in [0, 0.05) is 4.91 Å². The first-order valence-electron chi connectivity index (χ1n) is 14.8. The van der Waals surface area contributed by atoms with Crippen molar-refractivity contribution in [1.82, 2.24) is 0 Å². The largest absolute Gasteiger partial charge is 0.460 e. The number of benzene rings is 4. The van der Waals surface area contributed by atoms with E-state index in [-0.39, 0.29) is 32.0 Å². The monoisotopic (exact) mass is 587 g/mol. The van der Waals surface area contributed by atoms with Crippen LogP contribution in [0, 0.1) is 33.1 Å². The Bertz CT molecular complexity index is 1610. The van der Waals surface area contributed by atoms with Crippen LogP contribution in [0.15, 0.2) is 102 Å². The molecule has 0 spiro atoms. The van der Waals surface area contributed by atoms with Gasteiger partial charge >= 0.3 is 11.9 Å². The lowest BCUT2D eigenvalue weighted by molar-refractivity contribution is -0.179. The number of carbonyl (C=O) groups excluding carboxylic acids is 2. The summed E-state index contributed by atoms with van der Waals surface area (Å²) in [6, 6.07) is 30.5. The van der Waals surface area contributed by atoms with Crippen LogP contribution in [0.2, 0.25) is 0 Å². The highest BCUT2D eigenvalue weighted by molar-refractivity contribution is 6.03. The summed E-state index contributed by atoms with van der Waals surface area (Å²) < 4.78 is 12.2. The van der Waals surface area contributed by atoms with Crippen LogP contribution in [0.25, 0.3) is 10.4 Å². The molecule has 224 valence electrons. The zero-order chi connectivity index (χ0) is 31.3. The molecular formula is C37H37N3O4. The number of nitrogens with zero attached hydrogens (tertiary/aromatic N) is 3. The van der Waals surface area contributed by atoms with Crippen molar-refractivity contribution in [2.75, 3.05) is 0 Å². The molecule has 0 aromatic heterocycles. The van der Waals surface area contributed by atoms with Gasteiger partial charge in [0.15, 0.2) is 5.41 Å². The van der Waals surface area contributed by atoms with Crippen molar-refractivity contribution in [1.29, 1.82) is 0 Å². The lowest BCUT2D eigenvalue weighted by atomic mass is 9.68. The topological polar surface area (TPSA) is 101 Å². The maximum Gasteiger partial charge on any atom is 0.324 e. The molecular weight excluding hydrogens is 550 g/mol. The minimum absolute atomic E-state index is 0.0274. The number of esters is 2. The highest BCUT2D eigenvalue weighted by Gasteiger charge is 2.69.